The van der Waals surface area contributed by atoms with Crippen LogP contribution in [-0.4, -0.2) is 49.0 Å². The maximum atomic E-state index is 13.6. The van der Waals surface area contributed by atoms with Gasteiger partial charge in [-0.1, -0.05) is 23.7 Å². The minimum atomic E-state index is -1.03. The van der Waals surface area contributed by atoms with Gasteiger partial charge in [0, 0.05) is 36.5 Å². The molecule has 3 atom stereocenters. The number of para-hydroxylation sites is 1. The number of benzene rings is 2. The lowest BCUT2D eigenvalue weighted by Crippen LogP contribution is -2.71. The maximum Gasteiger partial charge on any atom is 0.236 e. The first-order valence-electron chi connectivity index (χ1n) is 10.4. The van der Waals surface area contributed by atoms with Gasteiger partial charge in [-0.15, -0.1) is 0 Å². The lowest BCUT2D eigenvalue weighted by Gasteiger charge is -2.56. The van der Waals surface area contributed by atoms with E-state index in [9.17, 15) is 4.79 Å². The third-order valence-corrected chi connectivity index (χ3v) is 6.56. The number of amides is 1. The van der Waals surface area contributed by atoms with Crippen LogP contribution in [0, 0.1) is 5.92 Å². The molecule has 2 aromatic carbocycles. The van der Waals surface area contributed by atoms with Crippen molar-refractivity contribution in [1.82, 2.24) is 10.2 Å². The van der Waals surface area contributed by atoms with Crippen molar-refractivity contribution >= 4 is 40.5 Å². The Bertz CT molecular complexity index is 1020. The van der Waals surface area contributed by atoms with E-state index in [2.05, 4.69) is 10.6 Å². The largest absolute Gasteiger partial charge is 0.493 e. The minimum absolute atomic E-state index is 0.181. The molecule has 170 valence electrons. The summed E-state index contributed by atoms with van der Waals surface area (Å²) in [5.74, 6) is 0.457. The van der Waals surface area contributed by atoms with Gasteiger partial charge in [-0.25, -0.2) is 0 Å². The molecule has 0 radical (unpaired) electrons. The number of hydrogen-bond acceptors (Lipinski definition) is 5. The Morgan fingerprint density at radius 1 is 1.28 bits per heavy atom. The lowest BCUT2D eigenvalue weighted by atomic mass is 9.78. The first kappa shape index (κ1) is 22.6. The number of hydrogen-bond donors (Lipinski definition) is 2. The highest BCUT2D eigenvalue weighted by Gasteiger charge is 2.58. The van der Waals surface area contributed by atoms with Crippen molar-refractivity contribution in [2.75, 3.05) is 32.7 Å². The van der Waals surface area contributed by atoms with E-state index in [1.54, 1.807) is 38.5 Å². The molecule has 0 aromatic heterocycles. The molecule has 1 saturated heterocycles. The molecule has 0 unspecified atom stereocenters. The van der Waals surface area contributed by atoms with E-state index in [1.165, 1.54) is 0 Å². The molecule has 1 fully saturated rings. The van der Waals surface area contributed by atoms with Crippen LogP contribution in [0.1, 0.15) is 24.9 Å². The van der Waals surface area contributed by atoms with Crippen LogP contribution in [0.5, 0.6) is 11.5 Å². The Morgan fingerprint density at radius 3 is 2.72 bits per heavy atom. The fourth-order valence-electron chi connectivity index (χ4n) is 4.44. The fraction of sp³-hybridized carbons (Fsp3) is 0.391. The zero-order valence-electron chi connectivity index (χ0n) is 18.2. The van der Waals surface area contributed by atoms with Crippen LogP contribution in [0.4, 0.5) is 5.69 Å². The molecule has 7 nitrogen and oxygen atoms in total. The molecular formula is C23H26ClN3O4S. The minimum Gasteiger partial charge on any atom is -0.493 e. The number of carbonyl (C=O) groups excluding carboxylic acids is 1. The molecule has 0 aliphatic carbocycles. The number of carbonyl (C=O) groups is 1. The van der Waals surface area contributed by atoms with E-state index in [-0.39, 0.29) is 11.9 Å². The van der Waals surface area contributed by atoms with Gasteiger partial charge >= 0.3 is 0 Å². The van der Waals surface area contributed by atoms with Gasteiger partial charge in [0.1, 0.15) is 5.92 Å². The molecule has 0 spiro atoms. The van der Waals surface area contributed by atoms with Gasteiger partial charge in [0.2, 0.25) is 5.91 Å². The van der Waals surface area contributed by atoms with E-state index in [0.29, 0.717) is 40.5 Å². The summed E-state index contributed by atoms with van der Waals surface area (Å²) in [6.45, 7) is 3.04. The van der Waals surface area contributed by atoms with Gasteiger partial charge in [0.15, 0.2) is 22.3 Å². The summed E-state index contributed by atoms with van der Waals surface area (Å²) in [4.78, 5) is 15.6. The Hall–Kier alpha value is -2.55. The zero-order chi connectivity index (χ0) is 22.9. The summed E-state index contributed by atoms with van der Waals surface area (Å²) in [6.07, 6.45) is 0.728. The lowest BCUT2D eigenvalue weighted by molar-refractivity contribution is -0.149. The van der Waals surface area contributed by atoms with Crippen molar-refractivity contribution in [3.05, 3.63) is 53.1 Å². The van der Waals surface area contributed by atoms with E-state index in [0.717, 1.165) is 12.0 Å². The van der Waals surface area contributed by atoms with Crippen molar-refractivity contribution < 1.29 is 19.0 Å². The summed E-state index contributed by atoms with van der Waals surface area (Å²) in [5.41, 5.74) is 0.460. The van der Waals surface area contributed by atoms with E-state index >= 15 is 0 Å². The van der Waals surface area contributed by atoms with Crippen LogP contribution >= 0.6 is 23.8 Å². The highest BCUT2D eigenvalue weighted by molar-refractivity contribution is 7.80. The van der Waals surface area contributed by atoms with Gasteiger partial charge in [-0.05, 0) is 55.9 Å². The molecule has 32 heavy (non-hydrogen) atoms. The third-order valence-electron chi connectivity index (χ3n) is 5.97. The maximum absolute atomic E-state index is 13.6. The Labute approximate surface area is 198 Å². The number of ether oxygens (including phenoxy) is 3. The van der Waals surface area contributed by atoms with Crippen LogP contribution in [-0.2, 0) is 9.53 Å². The number of anilines is 1. The number of halogens is 1. The predicted molar refractivity (Wildman–Crippen MR) is 127 cm³/mol. The topological polar surface area (TPSA) is 72.1 Å². The van der Waals surface area contributed by atoms with E-state index < -0.39 is 11.6 Å². The van der Waals surface area contributed by atoms with E-state index in [1.807, 2.05) is 30.0 Å². The van der Waals surface area contributed by atoms with Crippen LogP contribution in [0.2, 0.25) is 5.02 Å². The molecule has 2 heterocycles. The monoisotopic (exact) mass is 475 g/mol. The first-order chi connectivity index (χ1) is 15.4. The molecule has 2 N–H and O–H groups in total. The van der Waals surface area contributed by atoms with Gasteiger partial charge in [-0.3, -0.25) is 4.79 Å². The summed E-state index contributed by atoms with van der Waals surface area (Å²) in [5, 5.41) is 7.54. The summed E-state index contributed by atoms with van der Waals surface area (Å²) in [7, 11) is 3.26. The molecule has 2 aliphatic rings. The quantitative estimate of drug-likeness (QED) is 0.463. The standard InChI is InChI=1S/C23H26ClN3O4S/c1-23-18(21(28)25-15-10-8-14(24)9-11-15)19(26-22(32)27(23)12-5-13-29-2)16-6-4-7-17(30-3)20(16)31-23/h4,6-11,18-19H,5,12-13H2,1-3H3,(H,25,28)(H,26,32)/t18-,19-,23-/m1/s1. The molecular weight excluding hydrogens is 450 g/mol. The van der Waals surface area contributed by atoms with Crippen molar-refractivity contribution in [3.63, 3.8) is 0 Å². The number of nitrogens with one attached hydrogen (secondary N) is 2. The second-order valence-corrected chi connectivity index (χ2v) is 8.76. The van der Waals surface area contributed by atoms with Crippen LogP contribution in [0.3, 0.4) is 0 Å². The Balaban J connectivity index is 1.75. The number of methoxy groups -OCH3 is 2. The number of fused-ring (bicyclic) bond motifs is 4. The highest BCUT2D eigenvalue weighted by atomic mass is 35.5. The van der Waals surface area contributed by atoms with Crippen molar-refractivity contribution in [2.45, 2.75) is 25.1 Å². The van der Waals surface area contributed by atoms with Gasteiger partial charge < -0.3 is 29.7 Å². The molecule has 2 aromatic rings. The molecule has 2 aliphatic heterocycles. The molecule has 1 amide bonds. The molecule has 9 heteroatoms. The highest BCUT2D eigenvalue weighted by Crippen LogP contribution is 2.51. The Morgan fingerprint density at radius 2 is 2.03 bits per heavy atom. The number of rotatable bonds is 7. The van der Waals surface area contributed by atoms with Crippen LogP contribution in [0.15, 0.2) is 42.5 Å². The second-order valence-electron chi connectivity index (χ2n) is 7.93. The normalized spacial score (nSPS) is 23.6. The number of thiocarbonyl (C=S) groups is 1. The average molecular weight is 476 g/mol. The third kappa shape index (κ3) is 3.98. The van der Waals surface area contributed by atoms with Gasteiger partial charge in [0.25, 0.3) is 0 Å². The van der Waals surface area contributed by atoms with Crippen molar-refractivity contribution in [1.29, 1.82) is 0 Å². The SMILES string of the molecule is COCCCN1C(=S)N[C@@H]2c3cccc(OC)c3O[C@]1(C)[C@H]2C(=O)Nc1ccc(Cl)cc1. The van der Waals surface area contributed by atoms with E-state index in [4.69, 9.17) is 38.0 Å². The first-order valence-corrected chi connectivity index (χ1v) is 11.2. The molecule has 0 saturated carbocycles. The summed E-state index contributed by atoms with van der Waals surface area (Å²) < 4.78 is 17.3. The molecule has 2 bridgehead atoms. The van der Waals surface area contributed by atoms with Gasteiger partial charge in [0.05, 0.1) is 13.2 Å². The Kier molecular flexibility index (Phi) is 6.46. The summed E-state index contributed by atoms with van der Waals surface area (Å²) >= 11 is 11.7. The average Bonchev–Trinajstić information content (AvgIpc) is 2.77. The second kappa shape index (κ2) is 9.13. The van der Waals surface area contributed by atoms with Crippen molar-refractivity contribution in [2.24, 2.45) is 5.92 Å². The van der Waals surface area contributed by atoms with Crippen LogP contribution < -0.4 is 20.1 Å². The zero-order valence-corrected chi connectivity index (χ0v) is 19.8. The molecule has 4 rings (SSSR count). The van der Waals surface area contributed by atoms with Crippen molar-refractivity contribution in [3.8, 4) is 11.5 Å². The van der Waals surface area contributed by atoms with Crippen LogP contribution in [0.25, 0.3) is 0 Å². The number of nitrogens with zero attached hydrogens (tertiary/aromatic N) is 1. The van der Waals surface area contributed by atoms with Gasteiger partial charge in [-0.2, -0.15) is 0 Å². The fourth-order valence-corrected chi connectivity index (χ4v) is 4.97. The predicted octanol–water partition coefficient (Wildman–Crippen LogP) is 3.98. The smallest absolute Gasteiger partial charge is 0.236 e. The summed E-state index contributed by atoms with van der Waals surface area (Å²) in [6, 6.07) is 12.3.